The Kier molecular flexibility index (Phi) is 2.75. The molecule has 0 aliphatic carbocycles. The summed E-state index contributed by atoms with van der Waals surface area (Å²) in [6.07, 6.45) is 3.60. The van der Waals surface area contributed by atoms with Gasteiger partial charge in [0.1, 0.15) is 5.82 Å². The van der Waals surface area contributed by atoms with Crippen molar-refractivity contribution in [2.24, 2.45) is 7.05 Å². The van der Waals surface area contributed by atoms with Crippen molar-refractivity contribution in [1.29, 1.82) is 0 Å². The number of halogens is 2. The van der Waals surface area contributed by atoms with E-state index < -0.39 is 0 Å². The second-order valence-electron chi connectivity index (χ2n) is 4.49. The maximum absolute atomic E-state index is 13.5. The van der Waals surface area contributed by atoms with Gasteiger partial charge >= 0.3 is 0 Å². The molecule has 1 aromatic carbocycles. The van der Waals surface area contributed by atoms with E-state index in [9.17, 15) is 4.39 Å². The number of hydrogen-bond donors (Lipinski definition) is 0. The third kappa shape index (κ3) is 1.98. The van der Waals surface area contributed by atoms with Gasteiger partial charge in [0, 0.05) is 35.9 Å². The molecular weight excluding hydrogens is 265 g/mol. The first kappa shape index (κ1) is 12.1. The second-order valence-corrected chi connectivity index (χ2v) is 4.82. The van der Waals surface area contributed by atoms with Crippen LogP contribution in [0.1, 0.15) is 5.56 Å². The van der Waals surface area contributed by atoms with Gasteiger partial charge in [-0.2, -0.15) is 0 Å². The Labute approximate surface area is 114 Å². The van der Waals surface area contributed by atoms with Crippen LogP contribution in [0.3, 0.4) is 0 Å². The fraction of sp³-hybridized carbons (Fsp3) is 0.143. The lowest BCUT2D eigenvalue weighted by Gasteiger charge is -2.03. The smallest absolute Gasteiger partial charge is 0.222 e. The first-order valence-corrected chi connectivity index (χ1v) is 6.18. The maximum Gasteiger partial charge on any atom is 0.222 e. The van der Waals surface area contributed by atoms with Crippen molar-refractivity contribution in [2.75, 3.05) is 0 Å². The molecule has 0 saturated carbocycles. The largest absolute Gasteiger partial charge is 0.350 e. The number of hydrogen-bond acceptors (Lipinski definition) is 2. The maximum atomic E-state index is 13.5. The van der Waals surface area contributed by atoms with Gasteiger partial charge in [0.15, 0.2) is 0 Å². The summed E-state index contributed by atoms with van der Waals surface area (Å²) >= 11 is 5.85. The van der Waals surface area contributed by atoms with E-state index in [0.29, 0.717) is 0 Å². The van der Waals surface area contributed by atoms with Gasteiger partial charge in [-0.25, -0.2) is 14.4 Å². The van der Waals surface area contributed by atoms with Crippen LogP contribution in [0.4, 0.5) is 4.39 Å². The summed E-state index contributed by atoms with van der Waals surface area (Å²) in [5.41, 5.74) is 3.45. The lowest BCUT2D eigenvalue weighted by atomic mass is 10.1. The molecule has 0 fully saturated rings. The lowest BCUT2D eigenvalue weighted by molar-refractivity contribution is 0.629. The summed E-state index contributed by atoms with van der Waals surface area (Å²) in [4.78, 5) is 8.20. The van der Waals surface area contributed by atoms with Gasteiger partial charge in [0.2, 0.25) is 5.28 Å². The highest BCUT2D eigenvalue weighted by Gasteiger charge is 2.13. The van der Waals surface area contributed by atoms with Crippen LogP contribution in [-0.4, -0.2) is 14.5 Å². The van der Waals surface area contributed by atoms with Gasteiger partial charge in [-0.05, 0) is 42.3 Å². The highest BCUT2D eigenvalue weighted by atomic mass is 35.5. The Morgan fingerprint density at radius 2 is 2.11 bits per heavy atom. The third-order valence-electron chi connectivity index (χ3n) is 3.15. The average Bonchev–Trinajstić information content (AvgIpc) is 2.69. The quantitative estimate of drug-likeness (QED) is 0.634. The molecule has 19 heavy (non-hydrogen) atoms. The van der Waals surface area contributed by atoms with E-state index in [1.807, 2.05) is 24.7 Å². The van der Waals surface area contributed by atoms with E-state index in [4.69, 9.17) is 11.6 Å². The minimum atomic E-state index is -0.266. The van der Waals surface area contributed by atoms with E-state index in [1.165, 1.54) is 12.1 Å². The zero-order chi connectivity index (χ0) is 13.6. The van der Waals surface area contributed by atoms with Gasteiger partial charge in [-0.3, -0.25) is 0 Å². The van der Waals surface area contributed by atoms with E-state index in [2.05, 4.69) is 9.97 Å². The zero-order valence-corrected chi connectivity index (χ0v) is 11.2. The number of fused-ring (bicyclic) bond motifs is 1. The Balaban J connectivity index is 2.36. The lowest BCUT2D eigenvalue weighted by Crippen LogP contribution is -1.91. The first-order chi connectivity index (χ1) is 9.06. The van der Waals surface area contributed by atoms with Crippen molar-refractivity contribution >= 4 is 22.5 Å². The molecule has 3 rings (SSSR count). The topological polar surface area (TPSA) is 30.7 Å². The van der Waals surface area contributed by atoms with Crippen molar-refractivity contribution in [3.63, 3.8) is 0 Å². The fourth-order valence-corrected chi connectivity index (χ4v) is 2.38. The highest BCUT2D eigenvalue weighted by Crippen LogP contribution is 2.31. The number of nitrogens with zero attached hydrogens (tertiary/aromatic N) is 3. The molecule has 0 saturated heterocycles. The number of aromatic nitrogens is 3. The van der Waals surface area contributed by atoms with Gasteiger partial charge < -0.3 is 4.57 Å². The summed E-state index contributed by atoms with van der Waals surface area (Å²) in [5.74, 6) is -0.266. The standard InChI is InChI=1S/C14H11ClFN3/c1-8-6-17-14(15)18-13(8)11-7-19(2)12-4-3-9(16)5-10(11)12/h3-7H,1-2H3. The van der Waals surface area contributed by atoms with Crippen molar-refractivity contribution in [1.82, 2.24) is 14.5 Å². The second kappa shape index (κ2) is 4.31. The summed E-state index contributed by atoms with van der Waals surface area (Å²) in [6.45, 7) is 1.91. The Morgan fingerprint density at radius 1 is 1.32 bits per heavy atom. The van der Waals surface area contributed by atoms with Crippen molar-refractivity contribution in [3.8, 4) is 11.3 Å². The Hall–Kier alpha value is -1.94. The van der Waals surface area contributed by atoms with Gasteiger partial charge in [0.25, 0.3) is 0 Å². The van der Waals surface area contributed by atoms with Crippen LogP contribution in [0.2, 0.25) is 5.28 Å². The minimum absolute atomic E-state index is 0.189. The van der Waals surface area contributed by atoms with E-state index in [0.717, 1.165) is 27.7 Å². The predicted molar refractivity (Wildman–Crippen MR) is 73.7 cm³/mol. The third-order valence-corrected chi connectivity index (χ3v) is 3.33. The summed E-state index contributed by atoms with van der Waals surface area (Å²) < 4.78 is 15.4. The van der Waals surface area contributed by atoms with Crippen molar-refractivity contribution < 1.29 is 4.39 Å². The highest BCUT2D eigenvalue weighted by molar-refractivity contribution is 6.28. The van der Waals surface area contributed by atoms with E-state index in [-0.39, 0.29) is 11.1 Å². The molecule has 0 amide bonds. The minimum Gasteiger partial charge on any atom is -0.350 e. The molecule has 2 heterocycles. The molecule has 0 radical (unpaired) electrons. The van der Waals surface area contributed by atoms with Gasteiger partial charge in [0.05, 0.1) is 5.69 Å². The molecule has 0 N–H and O–H groups in total. The number of benzene rings is 1. The number of aryl methyl sites for hydroxylation is 2. The normalized spacial score (nSPS) is 11.2. The molecule has 0 aliphatic heterocycles. The summed E-state index contributed by atoms with van der Waals surface area (Å²) in [7, 11) is 1.92. The van der Waals surface area contributed by atoms with Gasteiger partial charge in [-0.1, -0.05) is 0 Å². The molecule has 2 aromatic heterocycles. The monoisotopic (exact) mass is 275 g/mol. The molecule has 0 aliphatic rings. The molecule has 96 valence electrons. The van der Waals surface area contributed by atoms with Crippen LogP contribution in [0.15, 0.2) is 30.6 Å². The summed E-state index contributed by atoms with van der Waals surface area (Å²) in [5, 5.41) is 1.01. The van der Waals surface area contributed by atoms with Crippen LogP contribution in [0.25, 0.3) is 22.2 Å². The van der Waals surface area contributed by atoms with Crippen LogP contribution in [-0.2, 0) is 7.05 Å². The average molecular weight is 276 g/mol. The van der Waals surface area contributed by atoms with E-state index >= 15 is 0 Å². The molecule has 0 atom stereocenters. The molecule has 3 nitrogen and oxygen atoms in total. The molecule has 3 aromatic rings. The van der Waals surface area contributed by atoms with Crippen LogP contribution in [0, 0.1) is 12.7 Å². The number of rotatable bonds is 1. The van der Waals surface area contributed by atoms with Crippen molar-refractivity contribution in [3.05, 3.63) is 47.3 Å². The molecule has 0 spiro atoms. The fourth-order valence-electron chi connectivity index (χ4n) is 2.25. The molecule has 0 bridgehead atoms. The van der Waals surface area contributed by atoms with Crippen LogP contribution in [0.5, 0.6) is 0 Å². The summed E-state index contributed by atoms with van der Waals surface area (Å²) in [6, 6.07) is 4.72. The van der Waals surface area contributed by atoms with Gasteiger partial charge in [-0.15, -0.1) is 0 Å². The van der Waals surface area contributed by atoms with Crippen LogP contribution < -0.4 is 0 Å². The first-order valence-electron chi connectivity index (χ1n) is 5.80. The Morgan fingerprint density at radius 3 is 2.89 bits per heavy atom. The molecule has 5 heteroatoms. The molecule has 0 unspecified atom stereocenters. The zero-order valence-electron chi connectivity index (χ0n) is 10.5. The predicted octanol–water partition coefficient (Wildman–Crippen LogP) is 3.74. The van der Waals surface area contributed by atoms with E-state index in [1.54, 1.807) is 12.3 Å². The molecular formula is C14H11ClFN3. The van der Waals surface area contributed by atoms with Crippen molar-refractivity contribution in [2.45, 2.75) is 6.92 Å². The van der Waals surface area contributed by atoms with Crippen LogP contribution >= 0.6 is 11.6 Å². The SMILES string of the molecule is Cc1cnc(Cl)nc1-c1cn(C)c2ccc(F)cc12. The Bertz CT molecular complexity index is 780.